The Hall–Kier alpha value is -3.00. The van der Waals surface area contributed by atoms with Gasteiger partial charge in [-0.05, 0) is 37.5 Å². The molecule has 1 amide bonds. The normalized spacial score (nSPS) is 13.6. The number of aromatic nitrogens is 2. The molecular formula is C18H16N4O3S. The van der Waals surface area contributed by atoms with Crippen molar-refractivity contribution in [2.75, 3.05) is 10.6 Å². The van der Waals surface area contributed by atoms with E-state index >= 15 is 0 Å². The van der Waals surface area contributed by atoms with Gasteiger partial charge in [-0.1, -0.05) is 6.07 Å². The average molecular weight is 368 g/mol. The summed E-state index contributed by atoms with van der Waals surface area (Å²) in [6.45, 7) is 1.81. The number of nitrogens with zero attached hydrogens (tertiary/aromatic N) is 2. The number of carboxylic acids is 1. The molecule has 1 saturated carbocycles. The number of carbonyl (C=O) groups is 2. The maximum atomic E-state index is 12.7. The van der Waals surface area contributed by atoms with Gasteiger partial charge in [0.2, 0.25) is 0 Å². The van der Waals surface area contributed by atoms with E-state index in [-0.39, 0.29) is 11.5 Å². The Labute approximate surface area is 153 Å². The standard InChI is InChI=1S/C18H16N4O3S/c1-9-2-3-10(18(24)25)6-13(9)22-17(23)12-7-26-15-14(12)19-8-20-16(15)21-11-4-5-11/h2-3,6-8,11H,4-5H2,1H3,(H,22,23)(H,24,25)(H,19,20,21). The van der Waals surface area contributed by atoms with Gasteiger partial charge in [-0.25, -0.2) is 14.8 Å². The molecule has 0 unspecified atom stereocenters. The van der Waals surface area contributed by atoms with Crippen LogP contribution in [0.2, 0.25) is 0 Å². The molecule has 2 aromatic heterocycles. The van der Waals surface area contributed by atoms with Crippen molar-refractivity contribution in [1.82, 2.24) is 9.97 Å². The molecule has 8 heteroatoms. The summed E-state index contributed by atoms with van der Waals surface area (Å²) in [6, 6.07) is 5.09. The van der Waals surface area contributed by atoms with E-state index in [1.165, 1.54) is 29.8 Å². The van der Waals surface area contributed by atoms with Gasteiger partial charge in [0.05, 0.1) is 21.3 Å². The largest absolute Gasteiger partial charge is 0.478 e. The highest BCUT2D eigenvalue weighted by Gasteiger charge is 2.24. The molecular weight excluding hydrogens is 352 g/mol. The van der Waals surface area contributed by atoms with E-state index < -0.39 is 5.97 Å². The number of hydrogen-bond acceptors (Lipinski definition) is 6. The van der Waals surface area contributed by atoms with Crippen molar-refractivity contribution in [1.29, 1.82) is 0 Å². The molecule has 1 aliphatic carbocycles. The first-order chi connectivity index (χ1) is 12.5. The second-order valence-electron chi connectivity index (χ2n) is 6.26. The molecule has 0 radical (unpaired) electrons. The van der Waals surface area contributed by atoms with Gasteiger partial charge in [-0.2, -0.15) is 0 Å². The number of aryl methyl sites for hydroxylation is 1. The summed E-state index contributed by atoms with van der Waals surface area (Å²) < 4.78 is 0.848. The van der Waals surface area contributed by atoms with Crippen LogP contribution in [0.5, 0.6) is 0 Å². The lowest BCUT2D eigenvalue weighted by Gasteiger charge is -2.09. The van der Waals surface area contributed by atoms with Gasteiger partial charge in [0.1, 0.15) is 12.1 Å². The zero-order valence-corrected chi connectivity index (χ0v) is 14.8. The highest BCUT2D eigenvalue weighted by molar-refractivity contribution is 7.18. The highest BCUT2D eigenvalue weighted by Crippen LogP contribution is 2.33. The fourth-order valence-corrected chi connectivity index (χ4v) is 3.57. The van der Waals surface area contributed by atoms with Crippen molar-refractivity contribution in [3.8, 4) is 0 Å². The van der Waals surface area contributed by atoms with Gasteiger partial charge in [0.25, 0.3) is 5.91 Å². The number of anilines is 2. The number of benzene rings is 1. The van der Waals surface area contributed by atoms with E-state index in [1.807, 2.05) is 6.92 Å². The maximum absolute atomic E-state index is 12.7. The van der Waals surface area contributed by atoms with Gasteiger partial charge in [0.15, 0.2) is 0 Å². The van der Waals surface area contributed by atoms with E-state index in [4.69, 9.17) is 5.11 Å². The van der Waals surface area contributed by atoms with E-state index in [2.05, 4.69) is 20.6 Å². The minimum Gasteiger partial charge on any atom is -0.478 e. The van der Waals surface area contributed by atoms with Gasteiger partial charge in [-0.15, -0.1) is 11.3 Å². The number of fused-ring (bicyclic) bond motifs is 1. The van der Waals surface area contributed by atoms with E-state index in [0.717, 1.165) is 28.9 Å². The first-order valence-corrected chi connectivity index (χ1v) is 9.05. The van der Waals surface area contributed by atoms with Crippen LogP contribution in [-0.4, -0.2) is 33.0 Å². The van der Waals surface area contributed by atoms with Crippen LogP contribution in [0.25, 0.3) is 10.2 Å². The van der Waals surface area contributed by atoms with Crippen molar-refractivity contribution in [2.24, 2.45) is 0 Å². The van der Waals surface area contributed by atoms with Crippen molar-refractivity contribution in [2.45, 2.75) is 25.8 Å². The van der Waals surface area contributed by atoms with Crippen LogP contribution >= 0.6 is 11.3 Å². The third-order valence-corrected chi connectivity index (χ3v) is 5.23. The molecule has 0 spiro atoms. The number of thiophene rings is 1. The first kappa shape index (κ1) is 16.5. The zero-order chi connectivity index (χ0) is 18.3. The van der Waals surface area contributed by atoms with Crippen LogP contribution in [0, 0.1) is 6.92 Å². The Bertz CT molecular complexity index is 1030. The van der Waals surface area contributed by atoms with Crippen molar-refractivity contribution in [3.05, 3.63) is 46.6 Å². The fourth-order valence-electron chi connectivity index (χ4n) is 2.62. The molecule has 3 aromatic rings. The lowest BCUT2D eigenvalue weighted by Crippen LogP contribution is -2.13. The number of carbonyl (C=O) groups excluding carboxylic acids is 1. The smallest absolute Gasteiger partial charge is 0.335 e. The van der Waals surface area contributed by atoms with Crippen LogP contribution in [0.4, 0.5) is 11.5 Å². The monoisotopic (exact) mass is 368 g/mol. The molecule has 1 fully saturated rings. The van der Waals surface area contributed by atoms with Crippen LogP contribution in [0.15, 0.2) is 29.9 Å². The summed E-state index contributed by atoms with van der Waals surface area (Å²) in [6.07, 6.45) is 3.71. The highest BCUT2D eigenvalue weighted by atomic mass is 32.1. The second-order valence-corrected chi connectivity index (χ2v) is 7.14. The minimum atomic E-state index is -1.04. The van der Waals surface area contributed by atoms with Gasteiger partial charge in [0, 0.05) is 17.1 Å². The zero-order valence-electron chi connectivity index (χ0n) is 13.9. The summed E-state index contributed by atoms with van der Waals surface area (Å²) in [5, 5.41) is 17.0. The lowest BCUT2D eigenvalue weighted by atomic mass is 10.1. The van der Waals surface area contributed by atoms with Gasteiger partial charge >= 0.3 is 5.97 Å². The molecule has 4 rings (SSSR count). The summed E-state index contributed by atoms with van der Waals surface area (Å²) in [5.41, 5.74) is 2.43. The average Bonchev–Trinajstić information content (AvgIpc) is 3.32. The number of carboxylic acid groups (broad SMARTS) is 1. The Balaban J connectivity index is 1.64. The SMILES string of the molecule is Cc1ccc(C(=O)O)cc1NC(=O)c1csc2c(NC3CC3)ncnc12. The first-order valence-electron chi connectivity index (χ1n) is 8.17. The summed E-state index contributed by atoms with van der Waals surface area (Å²) >= 11 is 1.42. The molecule has 132 valence electrons. The Morgan fingerprint density at radius 1 is 1.27 bits per heavy atom. The lowest BCUT2D eigenvalue weighted by molar-refractivity contribution is 0.0696. The van der Waals surface area contributed by atoms with E-state index in [1.54, 1.807) is 11.4 Å². The second kappa shape index (κ2) is 6.38. The van der Waals surface area contributed by atoms with Crippen LogP contribution in [0.1, 0.15) is 39.1 Å². The molecule has 0 saturated heterocycles. The predicted molar refractivity (Wildman–Crippen MR) is 100 cm³/mol. The molecule has 2 heterocycles. The molecule has 1 aliphatic rings. The van der Waals surface area contributed by atoms with Crippen LogP contribution in [0.3, 0.4) is 0 Å². The van der Waals surface area contributed by atoms with Crippen molar-refractivity contribution < 1.29 is 14.7 Å². The summed E-state index contributed by atoms with van der Waals surface area (Å²) in [7, 11) is 0. The molecule has 1 aromatic carbocycles. The van der Waals surface area contributed by atoms with Crippen LogP contribution < -0.4 is 10.6 Å². The molecule has 26 heavy (non-hydrogen) atoms. The van der Waals surface area contributed by atoms with E-state index in [9.17, 15) is 9.59 Å². The third-order valence-electron chi connectivity index (χ3n) is 4.25. The molecule has 3 N–H and O–H groups in total. The summed E-state index contributed by atoms with van der Waals surface area (Å²) in [5.74, 6) is -0.603. The Morgan fingerprint density at radius 2 is 2.08 bits per heavy atom. The molecule has 0 atom stereocenters. The fraction of sp³-hybridized carbons (Fsp3) is 0.222. The molecule has 0 bridgehead atoms. The number of aromatic carboxylic acids is 1. The predicted octanol–water partition coefficient (Wildman–Crippen LogP) is 3.52. The minimum absolute atomic E-state index is 0.124. The number of amides is 1. The molecule has 7 nitrogen and oxygen atoms in total. The number of hydrogen-bond donors (Lipinski definition) is 3. The number of nitrogens with one attached hydrogen (secondary N) is 2. The van der Waals surface area contributed by atoms with Crippen LogP contribution in [-0.2, 0) is 0 Å². The Morgan fingerprint density at radius 3 is 2.81 bits per heavy atom. The van der Waals surface area contributed by atoms with Gasteiger partial charge in [-0.3, -0.25) is 4.79 Å². The Kier molecular flexibility index (Phi) is 4.04. The van der Waals surface area contributed by atoms with Gasteiger partial charge < -0.3 is 15.7 Å². The third kappa shape index (κ3) is 3.11. The number of rotatable bonds is 5. The maximum Gasteiger partial charge on any atom is 0.335 e. The van der Waals surface area contributed by atoms with Crippen molar-refractivity contribution >= 4 is 44.9 Å². The quantitative estimate of drug-likeness (QED) is 0.636. The topological polar surface area (TPSA) is 104 Å². The molecule has 0 aliphatic heterocycles. The van der Waals surface area contributed by atoms with E-state index in [0.29, 0.717) is 22.8 Å². The van der Waals surface area contributed by atoms with Crippen molar-refractivity contribution in [3.63, 3.8) is 0 Å². The summed E-state index contributed by atoms with van der Waals surface area (Å²) in [4.78, 5) is 32.4.